The molecule has 2 aromatic carbocycles. The lowest BCUT2D eigenvalue weighted by molar-refractivity contribution is -0.137. The van der Waals surface area contributed by atoms with Crippen LogP contribution < -0.4 is 0 Å². The van der Waals surface area contributed by atoms with E-state index < -0.39 is 11.7 Å². The van der Waals surface area contributed by atoms with E-state index in [2.05, 4.69) is 27.6 Å². The Morgan fingerprint density at radius 2 is 1.81 bits per heavy atom. The summed E-state index contributed by atoms with van der Waals surface area (Å²) in [5, 5.41) is 0. The van der Waals surface area contributed by atoms with Gasteiger partial charge in [-0.15, -0.1) is 0 Å². The lowest BCUT2D eigenvalue weighted by atomic mass is 10.1. The first-order chi connectivity index (χ1) is 9.88. The zero-order chi connectivity index (χ0) is 15.2. The fraction of sp³-hybridized carbons (Fsp3) is 0.0714. The van der Waals surface area contributed by atoms with Gasteiger partial charge >= 0.3 is 6.18 Å². The molecule has 0 unspecified atom stereocenters. The Kier molecular flexibility index (Phi) is 3.56. The number of nitrogens with one attached hydrogen (secondary N) is 1. The second-order valence-corrected chi connectivity index (χ2v) is 6.07. The van der Waals surface area contributed by atoms with E-state index in [-0.39, 0.29) is 10.5 Å². The normalized spacial score (nSPS) is 12.0. The molecular formula is C14H8F3IN2S. The van der Waals surface area contributed by atoms with E-state index in [4.69, 9.17) is 12.2 Å². The Morgan fingerprint density at radius 3 is 2.52 bits per heavy atom. The molecule has 1 heterocycles. The van der Waals surface area contributed by atoms with Crippen LogP contribution in [-0.2, 0) is 6.18 Å². The van der Waals surface area contributed by atoms with Crippen molar-refractivity contribution in [3.05, 3.63) is 56.4 Å². The molecule has 0 atom stereocenters. The highest BCUT2D eigenvalue weighted by atomic mass is 127. The maximum absolute atomic E-state index is 13.2. The monoisotopic (exact) mass is 420 g/mol. The maximum Gasteiger partial charge on any atom is 0.418 e. The lowest BCUT2D eigenvalue weighted by Crippen LogP contribution is -2.10. The molecule has 3 aromatic rings. The molecule has 0 bridgehead atoms. The zero-order valence-electron chi connectivity index (χ0n) is 10.4. The topological polar surface area (TPSA) is 20.7 Å². The van der Waals surface area contributed by atoms with E-state index in [1.165, 1.54) is 16.7 Å². The molecule has 7 heteroatoms. The number of halogens is 4. The Labute approximate surface area is 136 Å². The summed E-state index contributed by atoms with van der Waals surface area (Å²) in [5.74, 6) is 0. The van der Waals surface area contributed by atoms with Gasteiger partial charge in [-0.2, -0.15) is 13.2 Å². The molecule has 0 fully saturated rings. The molecular weight excluding hydrogens is 412 g/mol. The minimum atomic E-state index is -4.43. The predicted molar refractivity (Wildman–Crippen MR) is 86.2 cm³/mol. The lowest BCUT2D eigenvalue weighted by Gasteiger charge is -2.13. The van der Waals surface area contributed by atoms with Crippen molar-refractivity contribution in [1.29, 1.82) is 0 Å². The summed E-state index contributed by atoms with van der Waals surface area (Å²) in [4.78, 5) is 2.95. The minimum Gasteiger partial charge on any atom is -0.330 e. The van der Waals surface area contributed by atoms with E-state index in [0.29, 0.717) is 11.0 Å². The van der Waals surface area contributed by atoms with Gasteiger partial charge in [-0.25, -0.2) is 0 Å². The SMILES string of the molecule is FC(F)(F)c1ccccc1-n1c(=S)[nH]c2cc(I)ccc21. The van der Waals surface area contributed by atoms with Crippen LogP contribution in [0.25, 0.3) is 16.7 Å². The van der Waals surface area contributed by atoms with Crippen LogP contribution in [0.5, 0.6) is 0 Å². The molecule has 1 aromatic heterocycles. The van der Waals surface area contributed by atoms with Gasteiger partial charge < -0.3 is 4.98 Å². The molecule has 0 saturated heterocycles. The van der Waals surface area contributed by atoms with Crippen LogP contribution in [-0.4, -0.2) is 9.55 Å². The van der Waals surface area contributed by atoms with Gasteiger partial charge in [0.05, 0.1) is 22.3 Å². The van der Waals surface area contributed by atoms with E-state index in [1.807, 2.05) is 12.1 Å². The highest BCUT2D eigenvalue weighted by molar-refractivity contribution is 14.1. The van der Waals surface area contributed by atoms with Gasteiger partial charge in [-0.1, -0.05) is 12.1 Å². The minimum absolute atomic E-state index is 0.0301. The van der Waals surface area contributed by atoms with Gasteiger partial charge in [0.25, 0.3) is 0 Å². The molecule has 21 heavy (non-hydrogen) atoms. The Morgan fingerprint density at radius 1 is 1.10 bits per heavy atom. The number of benzene rings is 2. The first-order valence-electron chi connectivity index (χ1n) is 5.95. The van der Waals surface area contributed by atoms with Gasteiger partial charge in [-0.05, 0) is 65.1 Å². The third-order valence-electron chi connectivity index (χ3n) is 3.09. The van der Waals surface area contributed by atoms with Crippen LogP contribution in [0, 0.1) is 8.34 Å². The summed E-state index contributed by atoms with van der Waals surface area (Å²) in [6.07, 6.45) is -4.43. The average Bonchev–Trinajstić information content (AvgIpc) is 2.72. The fourth-order valence-corrected chi connectivity index (χ4v) is 3.03. The summed E-state index contributed by atoms with van der Waals surface area (Å²) in [7, 11) is 0. The van der Waals surface area contributed by atoms with E-state index >= 15 is 0 Å². The molecule has 0 aliphatic carbocycles. The van der Waals surface area contributed by atoms with Crippen molar-refractivity contribution in [3.8, 4) is 5.69 Å². The number of rotatable bonds is 1. The quantitative estimate of drug-likeness (QED) is 0.418. The Balaban J connectivity index is 2.37. The molecule has 2 nitrogen and oxygen atoms in total. The number of H-pyrrole nitrogens is 1. The smallest absolute Gasteiger partial charge is 0.330 e. The number of fused-ring (bicyclic) bond motifs is 1. The van der Waals surface area contributed by atoms with E-state index in [0.717, 1.165) is 9.64 Å². The third kappa shape index (κ3) is 2.59. The fourth-order valence-electron chi connectivity index (χ4n) is 2.23. The number of aromatic nitrogens is 2. The molecule has 108 valence electrons. The molecule has 3 rings (SSSR count). The van der Waals surface area contributed by atoms with Crippen LogP contribution in [0.1, 0.15) is 5.56 Å². The summed E-state index contributed by atoms with van der Waals surface area (Å²) in [6, 6.07) is 10.9. The van der Waals surface area contributed by atoms with Crippen LogP contribution in [0.2, 0.25) is 0 Å². The van der Waals surface area contributed by atoms with Crippen molar-refractivity contribution in [1.82, 2.24) is 9.55 Å². The van der Waals surface area contributed by atoms with Gasteiger partial charge in [0.1, 0.15) is 0 Å². The van der Waals surface area contributed by atoms with Crippen molar-refractivity contribution in [2.75, 3.05) is 0 Å². The molecule has 0 radical (unpaired) electrons. The van der Waals surface area contributed by atoms with Crippen LogP contribution in [0.4, 0.5) is 13.2 Å². The molecule has 0 spiro atoms. The Bertz CT molecular complexity index is 880. The van der Waals surface area contributed by atoms with Crippen LogP contribution >= 0.6 is 34.8 Å². The molecule has 1 N–H and O–H groups in total. The zero-order valence-corrected chi connectivity index (χ0v) is 13.4. The molecule has 0 aliphatic heterocycles. The van der Waals surface area contributed by atoms with Crippen molar-refractivity contribution in [2.24, 2.45) is 0 Å². The first-order valence-corrected chi connectivity index (χ1v) is 7.43. The number of nitrogens with zero attached hydrogens (tertiary/aromatic N) is 1. The number of aromatic amines is 1. The number of para-hydroxylation sites is 1. The predicted octanol–water partition coefficient (Wildman–Crippen LogP) is 5.31. The van der Waals surface area contributed by atoms with Gasteiger partial charge in [0, 0.05) is 3.57 Å². The summed E-state index contributed by atoms with van der Waals surface area (Å²) < 4.78 is 42.2. The highest BCUT2D eigenvalue weighted by Gasteiger charge is 2.34. The maximum atomic E-state index is 13.2. The number of alkyl halides is 3. The third-order valence-corrected chi connectivity index (χ3v) is 4.05. The molecule has 0 saturated carbocycles. The molecule has 0 amide bonds. The van der Waals surface area contributed by atoms with E-state index in [1.54, 1.807) is 12.1 Å². The van der Waals surface area contributed by atoms with E-state index in [9.17, 15) is 13.2 Å². The second kappa shape index (κ2) is 5.13. The average molecular weight is 420 g/mol. The molecule has 0 aliphatic rings. The number of hydrogen-bond acceptors (Lipinski definition) is 1. The Hall–Kier alpha value is -1.35. The van der Waals surface area contributed by atoms with Crippen molar-refractivity contribution >= 4 is 45.8 Å². The summed E-state index contributed by atoms with van der Waals surface area (Å²) >= 11 is 7.34. The largest absolute Gasteiger partial charge is 0.418 e. The first kappa shape index (κ1) is 14.6. The van der Waals surface area contributed by atoms with Crippen molar-refractivity contribution < 1.29 is 13.2 Å². The second-order valence-electron chi connectivity index (χ2n) is 4.44. The van der Waals surface area contributed by atoms with Gasteiger partial charge in [0.2, 0.25) is 0 Å². The van der Waals surface area contributed by atoms with Crippen molar-refractivity contribution in [2.45, 2.75) is 6.18 Å². The van der Waals surface area contributed by atoms with Crippen molar-refractivity contribution in [3.63, 3.8) is 0 Å². The summed E-state index contributed by atoms with van der Waals surface area (Å²) in [6.45, 7) is 0. The van der Waals surface area contributed by atoms with Gasteiger partial charge in [0.15, 0.2) is 4.77 Å². The van der Waals surface area contributed by atoms with Crippen LogP contribution in [0.15, 0.2) is 42.5 Å². The standard InChI is InChI=1S/C14H8F3IN2S/c15-14(16,17)9-3-1-2-4-11(9)20-12-6-5-8(18)7-10(12)19-13(20)21/h1-7H,(H,19,21). The number of imidazole rings is 1. The highest BCUT2D eigenvalue weighted by Crippen LogP contribution is 2.35. The van der Waals surface area contributed by atoms with Gasteiger partial charge in [-0.3, -0.25) is 4.57 Å². The summed E-state index contributed by atoms with van der Waals surface area (Å²) in [5.41, 5.74) is 0.656. The van der Waals surface area contributed by atoms with Crippen LogP contribution in [0.3, 0.4) is 0 Å². The number of hydrogen-bond donors (Lipinski definition) is 1.